The van der Waals surface area contributed by atoms with Gasteiger partial charge in [-0.15, -0.1) is 0 Å². The van der Waals surface area contributed by atoms with E-state index in [-0.39, 0.29) is 24.1 Å². The molecule has 108 valence electrons. The zero-order valence-corrected chi connectivity index (χ0v) is 11.4. The van der Waals surface area contributed by atoms with Gasteiger partial charge in [-0.3, -0.25) is 4.79 Å². The minimum absolute atomic E-state index is 0.0431. The summed E-state index contributed by atoms with van der Waals surface area (Å²) in [7, 11) is 0. The standard InChI is InChI=1S/C15H18FNO3/c1-10-3-2-8-17(14(10)15(19)20)13(18)9-11-4-6-12(16)7-5-11/h4-7,10,14H,2-3,8-9H2,1H3,(H,19,20). The van der Waals surface area contributed by atoms with Crippen LogP contribution in [0.15, 0.2) is 24.3 Å². The molecule has 1 aliphatic rings. The van der Waals surface area contributed by atoms with Crippen molar-refractivity contribution in [2.45, 2.75) is 32.2 Å². The van der Waals surface area contributed by atoms with Gasteiger partial charge in [0.1, 0.15) is 11.9 Å². The number of halogens is 1. The Hall–Kier alpha value is -1.91. The molecule has 0 bridgehead atoms. The summed E-state index contributed by atoms with van der Waals surface area (Å²) in [4.78, 5) is 25.1. The SMILES string of the molecule is CC1CCCN(C(=O)Cc2ccc(F)cc2)C1C(=O)O. The second-order valence-electron chi connectivity index (χ2n) is 5.29. The number of likely N-dealkylation sites (tertiary alicyclic amines) is 1. The Morgan fingerprint density at radius 2 is 2.00 bits per heavy atom. The Morgan fingerprint density at radius 3 is 2.60 bits per heavy atom. The second-order valence-corrected chi connectivity index (χ2v) is 5.29. The summed E-state index contributed by atoms with van der Waals surface area (Å²) in [6.07, 6.45) is 1.74. The summed E-state index contributed by atoms with van der Waals surface area (Å²) in [5.41, 5.74) is 0.693. The van der Waals surface area contributed by atoms with Crippen molar-refractivity contribution in [1.29, 1.82) is 0 Å². The van der Waals surface area contributed by atoms with Crippen LogP contribution in [0.25, 0.3) is 0 Å². The van der Waals surface area contributed by atoms with Gasteiger partial charge in [0.15, 0.2) is 0 Å². The lowest BCUT2D eigenvalue weighted by atomic mass is 9.90. The molecule has 1 aliphatic heterocycles. The summed E-state index contributed by atoms with van der Waals surface area (Å²) in [6.45, 7) is 2.33. The summed E-state index contributed by atoms with van der Waals surface area (Å²) in [6, 6.07) is 4.95. The molecule has 5 heteroatoms. The number of carboxylic acids is 1. The van der Waals surface area contributed by atoms with Crippen LogP contribution in [0.5, 0.6) is 0 Å². The molecule has 1 heterocycles. The number of hydrogen-bond donors (Lipinski definition) is 1. The molecule has 0 saturated carbocycles. The maximum absolute atomic E-state index is 12.8. The van der Waals surface area contributed by atoms with E-state index in [0.29, 0.717) is 12.1 Å². The van der Waals surface area contributed by atoms with Gasteiger partial charge >= 0.3 is 5.97 Å². The number of carboxylic acid groups (broad SMARTS) is 1. The smallest absolute Gasteiger partial charge is 0.326 e. The predicted molar refractivity (Wildman–Crippen MR) is 71.6 cm³/mol. The monoisotopic (exact) mass is 279 g/mol. The fourth-order valence-electron chi connectivity index (χ4n) is 2.72. The number of carbonyl (C=O) groups is 2. The van der Waals surface area contributed by atoms with Crippen LogP contribution in [-0.4, -0.2) is 34.5 Å². The molecule has 1 fully saturated rings. The molecule has 2 unspecified atom stereocenters. The van der Waals surface area contributed by atoms with Crippen LogP contribution in [0.4, 0.5) is 4.39 Å². The van der Waals surface area contributed by atoms with Crippen LogP contribution in [0.1, 0.15) is 25.3 Å². The highest BCUT2D eigenvalue weighted by Crippen LogP contribution is 2.24. The molecule has 4 nitrogen and oxygen atoms in total. The Bertz CT molecular complexity index is 500. The Balaban J connectivity index is 2.10. The van der Waals surface area contributed by atoms with Crippen molar-refractivity contribution in [2.75, 3.05) is 6.54 Å². The molecule has 20 heavy (non-hydrogen) atoms. The third-order valence-electron chi connectivity index (χ3n) is 3.78. The molecule has 1 aromatic rings. The average molecular weight is 279 g/mol. The number of carbonyl (C=O) groups excluding carboxylic acids is 1. The molecule has 2 atom stereocenters. The first kappa shape index (κ1) is 14.5. The van der Waals surface area contributed by atoms with Gasteiger partial charge in [-0.1, -0.05) is 19.1 Å². The van der Waals surface area contributed by atoms with E-state index in [4.69, 9.17) is 0 Å². The van der Waals surface area contributed by atoms with Crippen molar-refractivity contribution in [3.63, 3.8) is 0 Å². The van der Waals surface area contributed by atoms with E-state index in [2.05, 4.69) is 0 Å². The first-order valence-electron chi connectivity index (χ1n) is 6.75. The van der Waals surface area contributed by atoms with Gasteiger partial charge in [0.05, 0.1) is 6.42 Å². The van der Waals surface area contributed by atoms with Crippen molar-refractivity contribution < 1.29 is 19.1 Å². The maximum atomic E-state index is 12.8. The zero-order chi connectivity index (χ0) is 14.7. The highest BCUT2D eigenvalue weighted by Gasteiger charge is 2.36. The van der Waals surface area contributed by atoms with Crippen LogP contribution in [0.2, 0.25) is 0 Å². The van der Waals surface area contributed by atoms with Crippen molar-refractivity contribution in [3.05, 3.63) is 35.6 Å². The maximum Gasteiger partial charge on any atom is 0.326 e. The fourth-order valence-corrected chi connectivity index (χ4v) is 2.72. The summed E-state index contributed by atoms with van der Waals surface area (Å²) >= 11 is 0. The molecule has 1 N–H and O–H groups in total. The van der Waals surface area contributed by atoms with Crippen molar-refractivity contribution in [3.8, 4) is 0 Å². The first-order valence-corrected chi connectivity index (χ1v) is 6.75. The normalized spacial score (nSPS) is 22.6. The van der Waals surface area contributed by atoms with Crippen LogP contribution >= 0.6 is 0 Å². The topological polar surface area (TPSA) is 57.6 Å². The lowest BCUT2D eigenvalue weighted by molar-refractivity contribution is -0.154. The molecule has 2 rings (SSSR count). The summed E-state index contributed by atoms with van der Waals surface area (Å²) in [5, 5.41) is 9.29. The molecule has 0 aliphatic carbocycles. The minimum Gasteiger partial charge on any atom is -0.480 e. The van der Waals surface area contributed by atoms with Gasteiger partial charge in [-0.2, -0.15) is 0 Å². The van der Waals surface area contributed by atoms with Crippen LogP contribution < -0.4 is 0 Å². The van der Waals surface area contributed by atoms with Crippen molar-refractivity contribution >= 4 is 11.9 Å². The van der Waals surface area contributed by atoms with Gasteiger partial charge in [-0.25, -0.2) is 9.18 Å². The van der Waals surface area contributed by atoms with Gasteiger partial charge in [-0.05, 0) is 36.5 Å². The molecule has 0 spiro atoms. The Kier molecular flexibility index (Phi) is 4.37. The predicted octanol–water partition coefficient (Wildman–Crippen LogP) is 2.08. The number of nitrogens with zero attached hydrogens (tertiary/aromatic N) is 1. The van der Waals surface area contributed by atoms with E-state index in [1.165, 1.54) is 17.0 Å². The van der Waals surface area contributed by atoms with E-state index in [1.807, 2.05) is 6.92 Å². The van der Waals surface area contributed by atoms with E-state index >= 15 is 0 Å². The number of rotatable bonds is 3. The number of benzene rings is 1. The van der Waals surface area contributed by atoms with Gasteiger partial charge in [0.25, 0.3) is 0 Å². The summed E-state index contributed by atoms with van der Waals surface area (Å²) in [5.74, 6) is -1.56. The van der Waals surface area contributed by atoms with Gasteiger partial charge in [0, 0.05) is 6.54 Å². The Labute approximate surface area is 117 Å². The van der Waals surface area contributed by atoms with E-state index in [1.54, 1.807) is 12.1 Å². The average Bonchev–Trinajstić information content (AvgIpc) is 2.40. The molecular weight excluding hydrogens is 261 g/mol. The molecule has 0 aromatic heterocycles. The van der Waals surface area contributed by atoms with Crippen molar-refractivity contribution in [2.24, 2.45) is 5.92 Å². The lowest BCUT2D eigenvalue weighted by Gasteiger charge is -2.37. The first-order chi connectivity index (χ1) is 9.49. The van der Waals surface area contributed by atoms with E-state index in [9.17, 15) is 19.1 Å². The molecule has 1 saturated heterocycles. The molecule has 1 amide bonds. The number of amides is 1. The van der Waals surface area contributed by atoms with Crippen molar-refractivity contribution in [1.82, 2.24) is 4.90 Å². The zero-order valence-electron chi connectivity index (χ0n) is 11.4. The number of hydrogen-bond acceptors (Lipinski definition) is 2. The second kappa shape index (κ2) is 6.03. The number of piperidine rings is 1. The minimum atomic E-state index is -0.954. The largest absolute Gasteiger partial charge is 0.480 e. The molecular formula is C15H18FNO3. The highest BCUT2D eigenvalue weighted by molar-refractivity contribution is 5.85. The highest BCUT2D eigenvalue weighted by atomic mass is 19.1. The van der Waals surface area contributed by atoms with Crippen LogP contribution in [0, 0.1) is 11.7 Å². The van der Waals surface area contributed by atoms with Crippen LogP contribution in [-0.2, 0) is 16.0 Å². The van der Waals surface area contributed by atoms with Crippen LogP contribution in [0.3, 0.4) is 0 Å². The fraction of sp³-hybridized carbons (Fsp3) is 0.467. The van der Waals surface area contributed by atoms with Gasteiger partial charge in [0.2, 0.25) is 5.91 Å². The lowest BCUT2D eigenvalue weighted by Crippen LogP contribution is -2.52. The molecule has 1 aromatic carbocycles. The van der Waals surface area contributed by atoms with E-state index in [0.717, 1.165) is 12.8 Å². The van der Waals surface area contributed by atoms with E-state index < -0.39 is 12.0 Å². The third-order valence-corrected chi connectivity index (χ3v) is 3.78. The third kappa shape index (κ3) is 3.15. The van der Waals surface area contributed by atoms with Gasteiger partial charge < -0.3 is 10.0 Å². The summed E-state index contributed by atoms with van der Waals surface area (Å²) < 4.78 is 12.8. The Morgan fingerprint density at radius 1 is 1.35 bits per heavy atom. The number of aliphatic carboxylic acids is 1. The quantitative estimate of drug-likeness (QED) is 0.921. The molecule has 0 radical (unpaired) electrons.